The van der Waals surface area contributed by atoms with E-state index in [1.54, 1.807) is 12.1 Å². The zero-order chi connectivity index (χ0) is 23.6. The number of ether oxygens (including phenoxy) is 2. The topological polar surface area (TPSA) is 65.7 Å². The molecular weight excluding hydrogens is 425 g/mol. The Hall–Kier alpha value is -3.55. The molecule has 5 nitrogen and oxygen atoms in total. The summed E-state index contributed by atoms with van der Waals surface area (Å²) in [6, 6.07) is 7.35. The molecule has 3 aromatic rings. The number of esters is 2. The van der Waals surface area contributed by atoms with Crippen molar-refractivity contribution in [1.82, 2.24) is 0 Å². The van der Waals surface area contributed by atoms with Crippen LogP contribution in [0.4, 0.5) is 13.2 Å². The largest absolute Gasteiger partial charge is 0.462 e. The Morgan fingerprint density at radius 2 is 1.66 bits per heavy atom. The monoisotopic (exact) mass is 446 g/mol. The number of aryl methyl sites for hydroxylation is 1. The summed E-state index contributed by atoms with van der Waals surface area (Å²) in [6.45, 7) is 9.89. The van der Waals surface area contributed by atoms with Gasteiger partial charge >= 0.3 is 18.1 Å². The molecule has 0 bridgehead atoms. The second kappa shape index (κ2) is 8.90. The van der Waals surface area contributed by atoms with Crippen LogP contribution in [-0.4, -0.2) is 18.5 Å². The molecule has 0 aliphatic carbocycles. The minimum Gasteiger partial charge on any atom is -0.462 e. The van der Waals surface area contributed by atoms with Gasteiger partial charge in [0, 0.05) is 28.0 Å². The maximum Gasteiger partial charge on any atom is 0.420 e. The van der Waals surface area contributed by atoms with Crippen LogP contribution in [-0.2, 0) is 26.9 Å². The van der Waals surface area contributed by atoms with Crippen LogP contribution in [0.5, 0.6) is 5.75 Å². The molecule has 0 N–H and O–H groups in total. The van der Waals surface area contributed by atoms with Crippen molar-refractivity contribution in [2.75, 3.05) is 6.61 Å². The molecule has 0 radical (unpaired) electrons. The number of benzene rings is 2. The lowest BCUT2D eigenvalue weighted by Crippen LogP contribution is -2.11. The van der Waals surface area contributed by atoms with Crippen LogP contribution in [0.3, 0.4) is 0 Å². The first kappa shape index (κ1) is 23.1. The molecule has 1 aromatic heterocycles. The Labute approximate surface area is 182 Å². The van der Waals surface area contributed by atoms with E-state index < -0.39 is 23.7 Å². The van der Waals surface area contributed by atoms with E-state index in [2.05, 4.69) is 13.2 Å². The van der Waals surface area contributed by atoms with E-state index in [0.717, 1.165) is 0 Å². The third-order valence-electron chi connectivity index (χ3n) is 4.71. The molecule has 0 saturated heterocycles. The lowest BCUT2D eigenvalue weighted by molar-refractivity contribution is -0.140. The lowest BCUT2D eigenvalue weighted by atomic mass is 9.99. The number of rotatable bonds is 7. The van der Waals surface area contributed by atoms with Crippen LogP contribution in [0, 0.1) is 0 Å². The molecule has 0 amide bonds. The highest BCUT2D eigenvalue weighted by atomic mass is 19.4. The number of carbonyl (C=O) groups is 2. The molecular formula is C24H21F3O5. The van der Waals surface area contributed by atoms with Crippen LogP contribution in [0.2, 0.25) is 0 Å². The summed E-state index contributed by atoms with van der Waals surface area (Å²) in [5, 5.41) is 0.755. The first-order valence-corrected chi connectivity index (χ1v) is 9.74. The van der Waals surface area contributed by atoms with Crippen molar-refractivity contribution in [3.8, 4) is 5.75 Å². The van der Waals surface area contributed by atoms with Crippen molar-refractivity contribution < 1.29 is 36.7 Å². The molecule has 0 aliphatic rings. The van der Waals surface area contributed by atoms with Crippen LogP contribution in [0.1, 0.15) is 31.4 Å². The predicted octanol–water partition coefficient (Wildman–Crippen LogP) is 6.14. The summed E-state index contributed by atoms with van der Waals surface area (Å²) in [6.07, 6.45) is -4.42. The van der Waals surface area contributed by atoms with Crippen LogP contribution in [0.15, 0.2) is 59.1 Å². The van der Waals surface area contributed by atoms with Crippen LogP contribution in [0.25, 0.3) is 21.9 Å². The summed E-state index contributed by atoms with van der Waals surface area (Å²) >= 11 is 0. The van der Waals surface area contributed by atoms with Gasteiger partial charge in [-0.2, -0.15) is 13.2 Å². The van der Waals surface area contributed by atoms with Gasteiger partial charge in [-0.25, -0.2) is 9.59 Å². The molecule has 0 unspecified atom stereocenters. The van der Waals surface area contributed by atoms with Crippen molar-refractivity contribution in [2.45, 2.75) is 32.9 Å². The average Bonchev–Trinajstić information content (AvgIpc) is 3.06. The fourth-order valence-corrected chi connectivity index (χ4v) is 3.19. The van der Waals surface area contributed by atoms with E-state index >= 15 is 0 Å². The van der Waals surface area contributed by atoms with Gasteiger partial charge in [0.05, 0.1) is 6.61 Å². The van der Waals surface area contributed by atoms with Gasteiger partial charge in [0.25, 0.3) is 0 Å². The zero-order valence-corrected chi connectivity index (χ0v) is 17.6. The number of fused-ring (bicyclic) bond motifs is 3. The second-order valence-corrected chi connectivity index (χ2v) is 7.42. The minimum absolute atomic E-state index is 0.0292. The van der Waals surface area contributed by atoms with E-state index in [0.29, 0.717) is 10.8 Å². The number of hydrogen-bond donors (Lipinski definition) is 0. The van der Waals surface area contributed by atoms with Gasteiger partial charge in [-0.05, 0) is 44.4 Å². The molecule has 0 spiro atoms. The Kier molecular flexibility index (Phi) is 6.43. The van der Waals surface area contributed by atoms with Gasteiger partial charge in [-0.3, -0.25) is 0 Å². The molecule has 3 rings (SSSR count). The Morgan fingerprint density at radius 1 is 1.00 bits per heavy atom. The normalized spacial score (nSPS) is 11.5. The summed E-state index contributed by atoms with van der Waals surface area (Å²) in [5.74, 6) is -1.10. The average molecular weight is 446 g/mol. The third kappa shape index (κ3) is 4.85. The SMILES string of the molecule is C=C(C)C(=O)OCCCc1ccc2c(oc3cc(OC(=O)C(=C)C)ccc32)c1C(F)(F)F. The quantitative estimate of drug-likeness (QED) is 0.189. The Balaban J connectivity index is 1.96. The van der Waals surface area contributed by atoms with E-state index in [9.17, 15) is 22.8 Å². The smallest absolute Gasteiger partial charge is 0.420 e. The molecule has 32 heavy (non-hydrogen) atoms. The van der Waals surface area contributed by atoms with Gasteiger partial charge in [0.15, 0.2) is 0 Å². The van der Waals surface area contributed by atoms with E-state index in [1.165, 1.54) is 32.0 Å². The van der Waals surface area contributed by atoms with Crippen LogP contribution < -0.4 is 4.74 Å². The second-order valence-electron chi connectivity index (χ2n) is 7.42. The minimum atomic E-state index is -4.66. The fourth-order valence-electron chi connectivity index (χ4n) is 3.19. The zero-order valence-electron chi connectivity index (χ0n) is 17.6. The third-order valence-corrected chi connectivity index (χ3v) is 4.71. The van der Waals surface area contributed by atoms with E-state index in [-0.39, 0.29) is 53.1 Å². The molecule has 8 heteroatoms. The maximum absolute atomic E-state index is 14.0. The highest BCUT2D eigenvalue weighted by Gasteiger charge is 2.37. The van der Waals surface area contributed by atoms with Gasteiger partial charge < -0.3 is 13.9 Å². The number of hydrogen-bond acceptors (Lipinski definition) is 5. The highest BCUT2D eigenvalue weighted by Crippen LogP contribution is 2.42. The maximum atomic E-state index is 14.0. The molecule has 0 atom stereocenters. The van der Waals surface area contributed by atoms with Crippen molar-refractivity contribution in [3.63, 3.8) is 0 Å². The van der Waals surface area contributed by atoms with Gasteiger partial charge in [0.1, 0.15) is 22.5 Å². The first-order chi connectivity index (χ1) is 15.0. The molecule has 0 fully saturated rings. The molecule has 0 saturated carbocycles. The Bertz CT molecular complexity index is 1230. The van der Waals surface area contributed by atoms with E-state index in [1.807, 2.05) is 0 Å². The lowest BCUT2D eigenvalue weighted by Gasteiger charge is -2.13. The van der Waals surface area contributed by atoms with Gasteiger partial charge in [-0.1, -0.05) is 25.3 Å². The van der Waals surface area contributed by atoms with Crippen molar-refractivity contribution in [3.05, 3.63) is 65.8 Å². The summed E-state index contributed by atoms with van der Waals surface area (Å²) in [4.78, 5) is 23.2. The standard InChI is InChI=1S/C24H21F3O5/c1-13(2)22(28)30-11-5-6-15-7-9-18-17-10-8-16(31-23(29)14(3)4)12-19(17)32-21(18)20(15)24(25,26)27/h7-10,12H,1,3,5-6,11H2,2,4H3. The Morgan fingerprint density at radius 3 is 2.28 bits per heavy atom. The highest BCUT2D eigenvalue weighted by molar-refractivity contribution is 6.06. The van der Waals surface area contributed by atoms with Crippen LogP contribution >= 0.6 is 0 Å². The molecule has 168 valence electrons. The first-order valence-electron chi connectivity index (χ1n) is 9.74. The van der Waals surface area contributed by atoms with Crippen molar-refractivity contribution in [1.29, 1.82) is 0 Å². The predicted molar refractivity (Wildman–Crippen MR) is 113 cm³/mol. The number of carbonyl (C=O) groups excluding carboxylic acids is 2. The van der Waals surface area contributed by atoms with Crippen molar-refractivity contribution in [2.24, 2.45) is 0 Å². The molecule has 2 aromatic carbocycles. The fraction of sp³-hybridized carbons (Fsp3) is 0.250. The number of halogens is 3. The van der Waals surface area contributed by atoms with E-state index in [4.69, 9.17) is 13.9 Å². The van der Waals surface area contributed by atoms with Gasteiger partial charge in [-0.15, -0.1) is 0 Å². The number of furan rings is 1. The molecule has 1 heterocycles. The number of alkyl halides is 3. The summed E-state index contributed by atoms with van der Waals surface area (Å²) in [7, 11) is 0. The molecule has 0 aliphatic heterocycles. The summed E-state index contributed by atoms with van der Waals surface area (Å²) < 4.78 is 57.5. The van der Waals surface area contributed by atoms with Gasteiger partial charge in [0.2, 0.25) is 0 Å². The van der Waals surface area contributed by atoms with Crippen molar-refractivity contribution >= 4 is 33.9 Å². The summed E-state index contributed by atoms with van der Waals surface area (Å²) in [5.41, 5.74) is -0.578.